The summed E-state index contributed by atoms with van der Waals surface area (Å²) in [6, 6.07) is 0. The smallest absolute Gasteiger partial charge is 0.299 e. The van der Waals surface area contributed by atoms with Gasteiger partial charge in [0.15, 0.2) is 0 Å². The quantitative estimate of drug-likeness (QED) is 0.188. The summed E-state index contributed by atoms with van der Waals surface area (Å²) in [5.74, 6) is 10.7. The van der Waals surface area contributed by atoms with Gasteiger partial charge in [0, 0.05) is 0 Å². The molecule has 0 radical (unpaired) electrons. The number of hydrazine groups is 1. The van der Waals surface area contributed by atoms with E-state index in [2.05, 4.69) is 15.6 Å². The molecule has 0 aliphatic carbocycles. The second kappa shape index (κ2) is 1.66. The zero-order chi connectivity index (χ0) is 5.98. The zero-order valence-corrected chi connectivity index (χ0v) is 4.13. The highest BCUT2D eigenvalue weighted by Gasteiger charge is 2.01. The van der Waals surface area contributed by atoms with Crippen molar-refractivity contribution in [2.75, 3.05) is 11.3 Å². The fraction of sp³-hybridized carbons (Fsp3) is 0. The van der Waals surface area contributed by atoms with Crippen molar-refractivity contribution < 1.29 is 4.68 Å². The Morgan fingerprint density at radius 2 is 2.62 bits per heavy atom. The number of hydrogen-bond donors (Lipinski definition) is 4. The van der Waals surface area contributed by atoms with Crippen LogP contribution in [0.2, 0.25) is 0 Å². The molecule has 0 aromatic carbocycles. The van der Waals surface area contributed by atoms with E-state index in [1.54, 1.807) is 0 Å². The van der Waals surface area contributed by atoms with Crippen LogP contribution < -0.4 is 21.8 Å². The van der Waals surface area contributed by atoms with Gasteiger partial charge in [-0.2, -0.15) is 0 Å². The average Bonchev–Trinajstić information content (AvgIpc) is 2.14. The van der Waals surface area contributed by atoms with Gasteiger partial charge in [-0.1, -0.05) is 0 Å². The molecule has 1 rings (SSSR count). The van der Waals surface area contributed by atoms with Crippen molar-refractivity contribution in [2.45, 2.75) is 0 Å². The number of aromatic amines is 1. The Morgan fingerprint density at radius 1 is 1.88 bits per heavy atom. The maximum Gasteiger partial charge on any atom is 0.379 e. The molecule has 6 heteroatoms. The maximum atomic E-state index is 5.23. The van der Waals surface area contributed by atoms with Crippen LogP contribution >= 0.6 is 0 Å². The van der Waals surface area contributed by atoms with Gasteiger partial charge in [-0.25, -0.2) is 11.3 Å². The third-order valence-corrected chi connectivity index (χ3v) is 0.748. The largest absolute Gasteiger partial charge is 0.379 e. The fourth-order valence-electron chi connectivity index (χ4n) is 0.374. The number of rotatable bonds is 1. The van der Waals surface area contributed by atoms with Crippen molar-refractivity contribution in [1.82, 2.24) is 10.2 Å². The van der Waals surface area contributed by atoms with Crippen molar-refractivity contribution in [3.05, 3.63) is 6.33 Å². The lowest BCUT2D eigenvalue weighted by atomic mass is 11.1. The normalized spacial score (nSPS) is 9.12. The van der Waals surface area contributed by atoms with Crippen LogP contribution in [-0.4, -0.2) is 10.2 Å². The second-order valence-electron chi connectivity index (χ2n) is 1.26. The van der Waals surface area contributed by atoms with Gasteiger partial charge in [0.05, 0.1) is 0 Å². The van der Waals surface area contributed by atoms with Crippen LogP contribution in [0.1, 0.15) is 0 Å². The zero-order valence-electron chi connectivity index (χ0n) is 4.13. The topological polar surface area (TPSA) is 96.6 Å². The molecule has 6 nitrogen and oxygen atoms in total. The molecular weight excluding hydrogens is 108 g/mol. The first kappa shape index (κ1) is 4.85. The molecule has 0 saturated carbocycles. The van der Waals surface area contributed by atoms with Crippen LogP contribution in [0.15, 0.2) is 6.33 Å². The molecule has 44 valence electrons. The number of nitrogens with one attached hydrogen (secondary N) is 2. The highest BCUT2D eigenvalue weighted by Crippen LogP contribution is 1.78. The SMILES string of the molecule is NNc1[nH]nc[n+]1N. The van der Waals surface area contributed by atoms with Crippen molar-refractivity contribution in [3.8, 4) is 0 Å². The van der Waals surface area contributed by atoms with Gasteiger partial charge in [0.2, 0.25) is 0 Å². The van der Waals surface area contributed by atoms with Gasteiger partial charge in [-0.15, -0.1) is 9.77 Å². The Bertz CT molecular complexity index is 167. The summed E-state index contributed by atoms with van der Waals surface area (Å²) in [6.45, 7) is 0. The predicted octanol–water partition coefficient (Wildman–Crippen LogP) is -2.30. The molecule has 1 heterocycles. The molecule has 0 bridgehead atoms. The predicted molar refractivity (Wildman–Crippen MR) is 26.7 cm³/mol. The number of H-pyrrole nitrogens is 1. The van der Waals surface area contributed by atoms with Crippen molar-refractivity contribution in [3.63, 3.8) is 0 Å². The van der Waals surface area contributed by atoms with Crippen LogP contribution in [0.4, 0.5) is 5.95 Å². The third-order valence-electron chi connectivity index (χ3n) is 0.748. The lowest BCUT2D eigenvalue weighted by molar-refractivity contribution is -0.624. The minimum atomic E-state index is 0.463. The van der Waals surface area contributed by atoms with E-state index in [1.165, 1.54) is 11.0 Å². The monoisotopic (exact) mass is 115 g/mol. The summed E-state index contributed by atoms with van der Waals surface area (Å²) in [5, 5.41) is 6.07. The highest BCUT2D eigenvalue weighted by molar-refractivity contribution is 5.08. The number of nitrogens with zero attached hydrogens (tertiary/aromatic N) is 2. The molecule has 0 amide bonds. The Morgan fingerprint density at radius 3 is 2.88 bits per heavy atom. The van der Waals surface area contributed by atoms with Crippen molar-refractivity contribution in [1.29, 1.82) is 0 Å². The molecule has 1 aromatic rings. The Hall–Kier alpha value is -1.30. The minimum absolute atomic E-state index is 0.463. The minimum Gasteiger partial charge on any atom is -0.299 e. The summed E-state index contributed by atoms with van der Waals surface area (Å²) in [7, 11) is 0. The number of nitrogens with two attached hydrogens (primary N) is 2. The highest BCUT2D eigenvalue weighted by atomic mass is 15.5. The van der Waals surface area contributed by atoms with Gasteiger partial charge in [-0.3, -0.25) is 5.84 Å². The number of anilines is 1. The Kier molecular flexibility index (Phi) is 1.01. The number of hydrogen-bond acceptors (Lipinski definition) is 4. The van der Waals surface area contributed by atoms with Crippen molar-refractivity contribution >= 4 is 5.95 Å². The van der Waals surface area contributed by atoms with E-state index in [-0.39, 0.29) is 0 Å². The van der Waals surface area contributed by atoms with Crippen LogP contribution in [0.3, 0.4) is 0 Å². The first-order valence-corrected chi connectivity index (χ1v) is 2.01. The summed E-state index contributed by atoms with van der Waals surface area (Å²) in [4.78, 5) is 0. The summed E-state index contributed by atoms with van der Waals surface area (Å²) < 4.78 is 1.24. The van der Waals surface area contributed by atoms with Crippen LogP contribution in [0, 0.1) is 0 Å². The average molecular weight is 115 g/mol. The molecule has 0 aliphatic heterocycles. The fourth-order valence-corrected chi connectivity index (χ4v) is 0.374. The van der Waals surface area contributed by atoms with E-state index in [0.29, 0.717) is 5.95 Å². The van der Waals surface area contributed by atoms with Crippen LogP contribution in [-0.2, 0) is 0 Å². The standard InChI is InChI=1S/C2H6N6/c3-6-2-7-5-1-8(2)4/h1H,3-4H2,(H,6,7)/p+1. The maximum absolute atomic E-state index is 5.23. The molecule has 0 spiro atoms. The first-order chi connectivity index (χ1) is 3.84. The molecule has 0 fully saturated rings. The first-order valence-electron chi connectivity index (χ1n) is 2.01. The van der Waals surface area contributed by atoms with Crippen LogP contribution in [0.25, 0.3) is 0 Å². The lowest BCUT2D eigenvalue weighted by Crippen LogP contribution is -2.45. The third kappa shape index (κ3) is 0.562. The molecule has 0 unspecified atom stereocenters. The van der Waals surface area contributed by atoms with Crippen LogP contribution in [0.5, 0.6) is 0 Å². The molecule has 0 atom stereocenters. The van der Waals surface area contributed by atoms with Gasteiger partial charge in [0.25, 0.3) is 6.33 Å². The lowest BCUT2D eigenvalue weighted by Gasteiger charge is -1.86. The van der Waals surface area contributed by atoms with E-state index in [1.807, 2.05) is 0 Å². The van der Waals surface area contributed by atoms with Gasteiger partial charge in [0.1, 0.15) is 0 Å². The molecule has 8 heavy (non-hydrogen) atoms. The van der Waals surface area contributed by atoms with E-state index in [4.69, 9.17) is 11.7 Å². The molecule has 6 N–H and O–H groups in total. The Labute approximate surface area is 45.4 Å². The van der Waals surface area contributed by atoms with Gasteiger partial charge < -0.3 is 0 Å². The Balaban J connectivity index is 2.92. The molecule has 1 aromatic heterocycles. The summed E-state index contributed by atoms with van der Waals surface area (Å²) >= 11 is 0. The van der Waals surface area contributed by atoms with E-state index < -0.39 is 0 Å². The number of nitrogen functional groups attached to an aromatic ring is 2. The van der Waals surface area contributed by atoms with E-state index in [9.17, 15) is 0 Å². The van der Waals surface area contributed by atoms with Crippen molar-refractivity contribution in [2.24, 2.45) is 5.84 Å². The molecule has 0 aliphatic rings. The van der Waals surface area contributed by atoms with E-state index in [0.717, 1.165) is 0 Å². The van der Waals surface area contributed by atoms with Gasteiger partial charge in [-0.05, 0) is 5.10 Å². The number of aromatic nitrogens is 3. The second-order valence-corrected chi connectivity index (χ2v) is 1.26. The van der Waals surface area contributed by atoms with Gasteiger partial charge >= 0.3 is 5.95 Å². The summed E-state index contributed by atoms with van der Waals surface area (Å²) in [6.07, 6.45) is 1.40. The molecule has 0 saturated heterocycles. The summed E-state index contributed by atoms with van der Waals surface area (Å²) in [5.41, 5.74) is 2.30. The van der Waals surface area contributed by atoms with E-state index >= 15 is 0 Å². The molecular formula is C2H7N6+.